The lowest BCUT2D eigenvalue weighted by Gasteiger charge is -2.23. The Morgan fingerprint density at radius 2 is 2.12 bits per heavy atom. The minimum absolute atomic E-state index is 0.142. The van der Waals surface area contributed by atoms with Gasteiger partial charge < -0.3 is 14.5 Å². The van der Waals surface area contributed by atoms with E-state index in [4.69, 9.17) is 9.40 Å². The number of nitrogens with zero attached hydrogens (tertiary/aromatic N) is 2. The third-order valence-electron chi connectivity index (χ3n) is 5.67. The van der Waals surface area contributed by atoms with Gasteiger partial charge in [-0.1, -0.05) is 29.8 Å². The first-order valence-corrected chi connectivity index (χ1v) is 11.9. The summed E-state index contributed by atoms with van der Waals surface area (Å²) in [5.41, 5.74) is 4.15. The molecule has 6 nitrogen and oxygen atoms in total. The predicted octanol–water partition coefficient (Wildman–Crippen LogP) is 5.19. The molecule has 2 N–H and O–H groups in total. The van der Waals surface area contributed by atoms with Crippen LogP contribution in [-0.2, 0) is 13.1 Å². The zero-order chi connectivity index (χ0) is 23.4. The van der Waals surface area contributed by atoms with Crippen LogP contribution in [0.15, 0.2) is 63.8 Å². The first-order chi connectivity index (χ1) is 15.9. The predicted molar refractivity (Wildman–Crippen MR) is 133 cm³/mol. The number of hydrogen-bond acceptors (Lipinski definition) is 6. The third-order valence-corrected chi connectivity index (χ3v) is 6.54. The van der Waals surface area contributed by atoms with Gasteiger partial charge in [-0.2, -0.15) is 0 Å². The fraction of sp³-hybridized carbons (Fsp3) is 0.308. The van der Waals surface area contributed by atoms with Gasteiger partial charge in [0, 0.05) is 17.5 Å². The van der Waals surface area contributed by atoms with Crippen LogP contribution in [0.5, 0.6) is 0 Å². The van der Waals surface area contributed by atoms with Crippen molar-refractivity contribution in [1.29, 1.82) is 0 Å². The van der Waals surface area contributed by atoms with E-state index in [-0.39, 0.29) is 5.56 Å². The van der Waals surface area contributed by atoms with Crippen LogP contribution in [-0.4, -0.2) is 32.6 Å². The number of allylic oxidation sites excluding steroid dienone is 1. The number of aliphatic hydroxyl groups excluding tert-OH is 1. The topological polar surface area (TPSA) is 82.4 Å². The molecule has 3 heterocycles. The summed E-state index contributed by atoms with van der Waals surface area (Å²) in [6, 6.07) is 9.99. The number of aliphatic hydroxyl groups is 1. The lowest BCUT2D eigenvalue weighted by molar-refractivity contribution is 0.0931. The number of rotatable bonds is 10. The minimum atomic E-state index is -0.508. The SMILES string of the molecule is C=CCCC(O)CN(Cc1nc2scc(-c3ccc(C)cc3C)c2c(=O)[nH]1)Cc1ccco1. The molecule has 0 aliphatic carbocycles. The normalized spacial score (nSPS) is 12.5. The number of nitrogens with one attached hydrogen (secondary N) is 1. The Balaban J connectivity index is 1.62. The highest BCUT2D eigenvalue weighted by molar-refractivity contribution is 7.17. The molecule has 0 spiro atoms. The first kappa shape index (κ1) is 23.2. The lowest BCUT2D eigenvalue weighted by atomic mass is 9.99. The summed E-state index contributed by atoms with van der Waals surface area (Å²) in [5, 5.41) is 13.1. The van der Waals surface area contributed by atoms with E-state index in [0.717, 1.165) is 28.9 Å². The maximum Gasteiger partial charge on any atom is 0.260 e. The summed E-state index contributed by atoms with van der Waals surface area (Å²) in [6.07, 6.45) is 4.30. The molecule has 0 radical (unpaired) electrons. The van der Waals surface area contributed by atoms with Crippen molar-refractivity contribution in [2.24, 2.45) is 0 Å². The summed E-state index contributed by atoms with van der Waals surface area (Å²) < 4.78 is 5.50. The van der Waals surface area contributed by atoms with Crippen LogP contribution < -0.4 is 5.56 Å². The standard InChI is InChI=1S/C26H29N3O3S/c1-4-5-7-19(30)13-29(14-20-8-6-11-32-20)15-23-27-25(31)24-22(16-33-26(24)28-23)21-10-9-17(2)12-18(21)3/h4,6,8-12,16,19,30H,1,5,7,13-15H2,2-3H3,(H,27,28,31). The maximum atomic E-state index is 13.1. The van der Waals surface area contributed by atoms with E-state index in [1.165, 1.54) is 16.9 Å². The molecule has 0 saturated heterocycles. The number of aromatic nitrogens is 2. The zero-order valence-corrected chi connectivity index (χ0v) is 19.8. The van der Waals surface area contributed by atoms with Crippen molar-refractivity contribution in [3.63, 3.8) is 0 Å². The van der Waals surface area contributed by atoms with Gasteiger partial charge in [-0.05, 0) is 49.9 Å². The highest BCUT2D eigenvalue weighted by Gasteiger charge is 2.18. The number of fused-ring (bicyclic) bond motifs is 1. The summed E-state index contributed by atoms with van der Waals surface area (Å²) in [6.45, 7) is 9.19. The summed E-state index contributed by atoms with van der Waals surface area (Å²) >= 11 is 1.48. The Hall–Kier alpha value is -3.00. The Kier molecular flexibility index (Phi) is 7.23. The van der Waals surface area contributed by atoms with Crippen molar-refractivity contribution in [2.45, 2.75) is 45.9 Å². The van der Waals surface area contributed by atoms with Gasteiger partial charge in [-0.15, -0.1) is 17.9 Å². The molecule has 0 saturated carbocycles. The Bertz CT molecular complexity index is 1290. The van der Waals surface area contributed by atoms with Gasteiger partial charge in [0.2, 0.25) is 0 Å². The molecule has 0 amide bonds. The van der Waals surface area contributed by atoms with Crippen molar-refractivity contribution in [3.05, 3.63) is 87.7 Å². The van der Waals surface area contributed by atoms with E-state index in [1.54, 1.807) is 12.3 Å². The number of aryl methyl sites for hydroxylation is 2. The fourth-order valence-electron chi connectivity index (χ4n) is 4.10. The Morgan fingerprint density at radius 1 is 1.27 bits per heavy atom. The van der Waals surface area contributed by atoms with Gasteiger partial charge in [0.05, 0.1) is 30.8 Å². The molecule has 0 aliphatic rings. The summed E-state index contributed by atoms with van der Waals surface area (Å²) in [4.78, 5) is 23.6. The largest absolute Gasteiger partial charge is 0.468 e. The molecule has 0 bridgehead atoms. The molecule has 1 aromatic carbocycles. The number of furan rings is 1. The molecule has 4 rings (SSSR count). The number of hydrogen-bond donors (Lipinski definition) is 2. The van der Waals surface area contributed by atoms with Gasteiger partial charge in [0.25, 0.3) is 5.56 Å². The van der Waals surface area contributed by atoms with Crippen LogP contribution in [0, 0.1) is 13.8 Å². The second-order valence-electron chi connectivity index (χ2n) is 8.43. The van der Waals surface area contributed by atoms with Crippen LogP contribution in [0.3, 0.4) is 0 Å². The zero-order valence-electron chi connectivity index (χ0n) is 19.0. The van der Waals surface area contributed by atoms with Crippen LogP contribution in [0.25, 0.3) is 21.3 Å². The number of thiophene rings is 1. The van der Waals surface area contributed by atoms with E-state index < -0.39 is 6.10 Å². The van der Waals surface area contributed by atoms with Gasteiger partial charge in [0.15, 0.2) is 0 Å². The van der Waals surface area contributed by atoms with Gasteiger partial charge in [-0.25, -0.2) is 4.98 Å². The summed E-state index contributed by atoms with van der Waals surface area (Å²) in [5.74, 6) is 1.37. The number of benzene rings is 1. The average Bonchev–Trinajstić information content (AvgIpc) is 3.42. The van der Waals surface area contributed by atoms with E-state index in [1.807, 2.05) is 22.4 Å². The van der Waals surface area contributed by atoms with Crippen molar-refractivity contribution in [3.8, 4) is 11.1 Å². The smallest absolute Gasteiger partial charge is 0.260 e. The quantitative estimate of drug-likeness (QED) is 0.316. The molecule has 1 unspecified atom stereocenters. The van der Waals surface area contributed by atoms with Crippen LogP contribution >= 0.6 is 11.3 Å². The van der Waals surface area contributed by atoms with Crippen LogP contribution in [0.2, 0.25) is 0 Å². The van der Waals surface area contributed by atoms with E-state index in [2.05, 4.69) is 43.6 Å². The number of aromatic amines is 1. The molecule has 4 aromatic rings. The van der Waals surface area contributed by atoms with Crippen molar-refractivity contribution in [2.75, 3.05) is 6.54 Å². The average molecular weight is 464 g/mol. The summed E-state index contributed by atoms with van der Waals surface area (Å²) in [7, 11) is 0. The minimum Gasteiger partial charge on any atom is -0.468 e. The van der Waals surface area contributed by atoms with E-state index in [0.29, 0.717) is 42.1 Å². The Morgan fingerprint density at radius 3 is 2.85 bits per heavy atom. The molecule has 172 valence electrons. The lowest BCUT2D eigenvalue weighted by Crippen LogP contribution is -2.32. The highest BCUT2D eigenvalue weighted by Crippen LogP contribution is 2.33. The van der Waals surface area contributed by atoms with Crippen LogP contribution in [0.4, 0.5) is 0 Å². The molecule has 1 atom stereocenters. The first-order valence-electron chi connectivity index (χ1n) is 11.1. The fourth-order valence-corrected chi connectivity index (χ4v) is 5.06. The molecule has 0 aliphatic heterocycles. The second-order valence-corrected chi connectivity index (χ2v) is 9.29. The number of H-pyrrole nitrogens is 1. The third kappa shape index (κ3) is 5.50. The maximum absolute atomic E-state index is 13.1. The van der Waals surface area contributed by atoms with Gasteiger partial charge >= 0.3 is 0 Å². The molecule has 7 heteroatoms. The molecule has 0 fully saturated rings. The van der Waals surface area contributed by atoms with E-state index >= 15 is 0 Å². The Labute approximate surface area is 197 Å². The van der Waals surface area contributed by atoms with Crippen molar-refractivity contribution < 1.29 is 9.52 Å². The molecular formula is C26H29N3O3S. The van der Waals surface area contributed by atoms with Crippen LogP contribution in [0.1, 0.15) is 35.6 Å². The van der Waals surface area contributed by atoms with E-state index in [9.17, 15) is 9.90 Å². The monoisotopic (exact) mass is 463 g/mol. The molecule has 33 heavy (non-hydrogen) atoms. The molecular weight excluding hydrogens is 434 g/mol. The second kappa shape index (κ2) is 10.3. The highest BCUT2D eigenvalue weighted by atomic mass is 32.1. The van der Waals surface area contributed by atoms with Gasteiger partial charge in [-0.3, -0.25) is 9.69 Å². The van der Waals surface area contributed by atoms with Crippen molar-refractivity contribution in [1.82, 2.24) is 14.9 Å². The van der Waals surface area contributed by atoms with Crippen molar-refractivity contribution >= 4 is 21.6 Å². The van der Waals surface area contributed by atoms with Gasteiger partial charge in [0.1, 0.15) is 16.4 Å². The molecule has 3 aromatic heterocycles.